The molecule has 0 spiro atoms. The van der Waals surface area contributed by atoms with E-state index in [-0.39, 0.29) is 10.8 Å². The molecule has 1 aliphatic carbocycles. The van der Waals surface area contributed by atoms with Gasteiger partial charge in [0.15, 0.2) is 5.03 Å². The van der Waals surface area contributed by atoms with Crippen LogP contribution in [0.15, 0.2) is 58.5 Å². The highest BCUT2D eigenvalue weighted by atomic mass is 32.2. The second-order valence-electron chi connectivity index (χ2n) is 9.43. The lowest BCUT2D eigenvalue weighted by molar-refractivity contribution is 0.138. The van der Waals surface area contributed by atoms with Gasteiger partial charge in [-0.3, -0.25) is 4.90 Å². The molecule has 2 aliphatic rings. The molecule has 3 heterocycles. The largest absolute Gasteiger partial charge is 0.369 e. The van der Waals surface area contributed by atoms with E-state index < -0.39 is 9.84 Å². The second kappa shape index (κ2) is 9.16. The Morgan fingerprint density at radius 3 is 2.48 bits per heavy atom. The first-order chi connectivity index (χ1) is 15.9. The van der Waals surface area contributed by atoms with Gasteiger partial charge in [-0.1, -0.05) is 30.3 Å². The summed E-state index contributed by atoms with van der Waals surface area (Å²) in [5, 5.41) is 1.90. The van der Waals surface area contributed by atoms with Crippen LogP contribution in [0.25, 0.3) is 0 Å². The summed E-state index contributed by atoms with van der Waals surface area (Å²) in [6.45, 7) is 5.21. The van der Waals surface area contributed by atoms with Gasteiger partial charge in [-0.25, -0.2) is 18.4 Å². The first-order valence-electron chi connectivity index (χ1n) is 11.5. The van der Waals surface area contributed by atoms with Crippen LogP contribution in [-0.2, 0) is 22.1 Å². The van der Waals surface area contributed by atoms with Crippen molar-refractivity contribution in [2.24, 2.45) is 11.8 Å². The minimum Gasteiger partial charge on any atom is -0.369 e. The predicted octanol–water partition coefficient (Wildman–Crippen LogP) is 4.17. The molecule has 2 fully saturated rings. The number of nitrogens with zero attached hydrogens (tertiary/aromatic N) is 4. The summed E-state index contributed by atoms with van der Waals surface area (Å²) < 4.78 is 25.6. The summed E-state index contributed by atoms with van der Waals surface area (Å²) in [5.74, 6) is 1.12. The van der Waals surface area contributed by atoms with E-state index in [9.17, 15) is 8.42 Å². The van der Waals surface area contributed by atoms with Crippen molar-refractivity contribution < 1.29 is 8.42 Å². The number of thiazole rings is 1. The molecule has 1 saturated carbocycles. The number of aryl methyl sites for hydroxylation is 1. The van der Waals surface area contributed by atoms with Crippen molar-refractivity contribution in [2.45, 2.75) is 43.1 Å². The third kappa shape index (κ3) is 4.69. The molecule has 1 aliphatic heterocycles. The summed E-state index contributed by atoms with van der Waals surface area (Å²) in [6.07, 6.45) is 4.24. The van der Waals surface area contributed by atoms with Gasteiger partial charge in [0.2, 0.25) is 9.84 Å². The quantitative estimate of drug-likeness (QED) is 0.504. The van der Waals surface area contributed by atoms with E-state index in [1.807, 2.05) is 6.92 Å². The van der Waals surface area contributed by atoms with Crippen LogP contribution in [0.4, 0.5) is 5.69 Å². The highest BCUT2D eigenvalue weighted by Crippen LogP contribution is 2.42. The smallest absolute Gasteiger partial charge is 0.201 e. The average Bonchev–Trinajstić information content (AvgIpc) is 3.39. The van der Waals surface area contributed by atoms with E-state index in [1.54, 1.807) is 23.2 Å². The summed E-state index contributed by atoms with van der Waals surface area (Å²) in [4.78, 5) is 13.5. The number of likely N-dealkylation sites (tertiary alicyclic amines) is 1. The number of anilines is 1. The van der Waals surface area contributed by atoms with Gasteiger partial charge in [-0.2, -0.15) is 0 Å². The SMILES string of the molecule is Cc1cc(S(=O)(=O)Cc2cscn2)ncc1N(C)C1[C@@H]2CC[C@H]1CN(Cc1ccccc1)C2. The maximum absolute atomic E-state index is 12.8. The maximum atomic E-state index is 12.8. The predicted molar refractivity (Wildman–Crippen MR) is 132 cm³/mol. The van der Waals surface area contributed by atoms with Gasteiger partial charge in [0, 0.05) is 38.1 Å². The molecule has 2 aromatic heterocycles. The highest BCUT2D eigenvalue weighted by Gasteiger charge is 2.44. The van der Waals surface area contributed by atoms with Crippen LogP contribution in [0, 0.1) is 18.8 Å². The molecule has 0 N–H and O–H groups in total. The number of rotatable bonds is 7. The van der Waals surface area contributed by atoms with Crippen LogP contribution in [-0.4, -0.2) is 49.5 Å². The van der Waals surface area contributed by atoms with E-state index in [4.69, 9.17) is 0 Å². The van der Waals surface area contributed by atoms with Crippen LogP contribution in [0.3, 0.4) is 0 Å². The van der Waals surface area contributed by atoms with Gasteiger partial charge in [0.05, 0.1) is 28.8 Å². The van der Waals surface area contributed by atoms with Crippen LogP contribution < -0.4 is 4.90 Å². The Morgan fingerprint density at radius 1 is 1.12 bits per heavy atom. The van der Waals surface area contributed by atoms with Gasteiger partial charge in [-0.05, 0) is 48.8 Å². The number of benzene rings is 1. The van der Waals surface area contributed by atoms with E-state index >= 15 is 0 Å². The minimum absolute atomic E-state index is 0.109. The molecular formula is C25H30N4O2S2. The zero-order valence-corrected chi connectivity index (χ0v) is 20.7. The summed E-state index contributed by atoms with van der Waals surface area (Å²) >= 11 is 1.40. The molecule has 1 saturated heterocycles. The number of hydrogen-bond donors (Lipinski definition) is 0. The Balaban J connectivity index is 1.30. The molecule has 0 amide bonds. The molecule has 33 heavy (non-hydrogen) atoms. The lowest BCUT2D eigenvalue weighted by Crippen LogP contribution is -2.51. The van der Waals surface area contributed by atoms with Crippen LogP contribution >= 0.6 is 11.3 Å². The van der Waals surface area contributed by atoms with Gasteiger partial charge in [0.1, 0.15) is 0 Å². The van der Waals surface area contributed by atoms with Crippen molar-refractivity contribution in [3.8, 4) is 0 Å². The number of piperidine rings is 1. The molecule has 6 nitrogen and oxygen atoms in total. The normalized spacial score (nSPS) is 23.0. The van der Waals surface area contributed by atoms with Gasteiger partial charge in [-0.15, -0.1) is 11.3 Å². The van der Waals surface area contributed by atoms with Gasteiger partial charge in [0.25, 0.3) is 0 Å². The molecule has 5 rings (SSSR count). The molecule has 1 unspecified atom stereocenters. The lowest BCUT2D eigenvalue weighted by atomic mass is 9.90. The topological polar surface area (TPSA) is 66.4 Å². The lowest BCUT2D eigenvalue weighted by Gasteiger charge is -2.43. The Labute approximate surface area is 200 Å². The monoisotopic (exact) mass is 482 g/mol. The fraction of sp³-hybridized carbons (Fsp3) is 0.440. The van der Waals surface area contributed by atoms with Crippen LogP contribution in [0.2, 0.25) is 0 Å². The molecule has 0 radical (unpaired) electrons. The molecule has 3 aromatic rings. The van der Waals surface area contributed by atoms with Crippen LogP contribution in [0.5, 0.6) is 0 Å². The number of pyridine rings is 1. The second-order valence-corrected chi connectivity index (χ2v) is 12.1. The Kier molecular flexibility index (Phi) is 6.24. The van der Waals surface area contributed by atoms with Crippen molar-refractivity contribution in [1.29, 1.82) is 0 Å². The average molecular weight is 483 g/mol. The number of aromatic nitrogens is 2. The van der Waals surface area contributed by atoms with E-state index in [1.165, 1.54) is 29.7 Å². The maximum Gasteiger partial charge on any atom is 0.201 e. The molecule has 174 valence electrons. The fourth-order valence-corrected chi connectivity index (χ4v) is 7.62. The fourth-order valence-electron chi connectivity index (χ4n) is 5.69. The zero-order chi connectivity index (χ0) is 23.0. The Morgan fingerprint density at radius 2 is 1.85 bits per heavy atom. The molecule has 2 bridgehead atoms. The van der Waals surface area contributed by atoms with E-state index in [0.29, 0.717) is 23.6 Å². The number of sulfone groups is 1. The third-order valence-electron chi connectivity index (χ3n) is 7.13. The van der Waals surface area contributed by atoms with Crippen molar-refractivity contribution >= 4 is 26.9 Å². The van der Waals surface area contributed by atoms with Gasteiger partial charge >= 0.3 is 0 Å². The first-order valence-corrected chi connectivity index (χ1v) is 14.1. The molecule has 8 heteroatoms. The Bertz CT molecular complexity index is 1180. The third-order valence-corrected chi connectivity index (χ3v) is 9.31. The Hall–Kier alpha value is -2.29. The summed E-state index contributed by atoms with van der Waals surface area (Å²) in [6, 6.07) is 12.9. The molecular weight excluding hydrogens is 452 g/mol. The molecule has 1 aromatic carbocycles. The summed E-state index contributed by atoms with van der Waals surface area (Å²) in [7, 11) is -1.36. The zero-order valence-electron chi connectivity index (χ0n) is 19.1. The molecule has 3 atom stereocenters. The number of hydrogen-bond acceptors (Lipinski definition) is 7. The highest BCUT2D eigenvalue weighted by molar-refractivity contribution is 7.90. The van der Waals surface area contributed by atoms with E-state index in [2.05, 4.69) is 57.1 Å². The van der Waals surface area contributed by atoms with Crippen molar-refractivity contribution in [3.63, 3.8) is 0 Å². The van der Waals surface area contributed by atoms with Crippen molar-refractivity contribution in [2.75, 3.05) is 25.0 Å². The van der Waals surface area contributed by atoms with Crippen molar-refractivity contribution in [3.05, 3.63) is 70.3 Å². The van der Waals surface area contributed by atoms with Crippen molar-refractivity contribution in [1.82, 2.24) is 14.9 Å². The first kappa shape index (κ1) is 22.5. The standard InChI is InChI=1S/C25H30N4O2S2/c1-18-10-24(33(30,31)16-22-15-32-17-27-22)26-11-23(18)28(2)25-20-8-9-21(25)14-29(13-20)12-19-6-4-3-5-7-19/h3-7,10-11,15,17,20-21,25H,8-9,12-14,16H2,1-2H3/t20-,21+,25?. The van der Waals surface area contributed by atoms with Gasteiger partial charge < -0.3 is 4.90 Å². The number of fused-ring (bicyclic) bond motifs is 2. The van der Waals surface area contributed by atoms with E-state index in [0.717, 1.165) is 30.9 Å². The van der Waals surface area contributed by atoms with Crippen LogP contribution in [0.1, 0.15) is 29.7 Å². The minimum atomic E-state index is -3.51. The summed E-state index contributed by atoms with van der Waals surface area (Å²) in [5.41, 5.74) is 5.58.